The van der Waals surface area contributed by atoms with Crippen molar-refractivity contribution >= 4 is 43.8 Å². The zero-order valence-corrected chi connectivity index (χ0v) is 22.3. The fraction of sp³-hybridized carbons (Fsp3) is 0.154. The number of hydrazone groups is 1. The van der Waals surface area contributed by atoms with Crippen LogP contribution in [0.5, 0.6) is 11.5 Å². The highest BCUT2D eigenvalue weighted by Crippen LogP contribution is 2.36. The Balaban J connectivity index is 1.80. The number of ether oxygens (including phenoxy) is 2. The number of hydrogen-bond donors (Lipinski definition) is 1. The normalized spacial score (nSPS) is 11.2. The van der Waals surface area contributed by atoms with E-state index < -0.39 is 22.5 Å². The van der Waals surface area contributed by atoms with Crippen LogP contribution in [0.15, 0.2) is 93.9 Å². The number of aryl methyl sites for hydroxylation is 1. The molecule has 0 unspecified atom stereocenters. The van der Waals surface area contributed by atoms with Crippen LogP contribution in [0, 0.1) is 6.92 Å². The number of hydrogen-bond acceptors (Lipinski definition) is 6. The summed E-state index contributed by atoms with van der Waals surface area (Å²) in [5.41, 5.74) is 4.26. The van der Waals surface area contributed by atoms with E-state index in [9.17, 15) is 13.2 Å². The van der Waals surface area contributed by atoms with Crippen LogP contribution in [-0.4, -0.2) is 40.8 Å². The summed E-state index contributed by atoms with van der Waals surface area (Å²) in [6.07, 6.45) is 3.04. The first-order chi connectivity index (χ1) is 17.3. The first-order valence-electron chi connectivity index (χ1n) is 10.8. The molecule has 3 aromatic rings. The van der Waals surface area contributed by atoms with Gasteiger partial charge in [-0.25, -0.2) is 13.8 Å². The van der Waals surface area contributed by atoms with Crippen LogP contribution in [0.2, 0.25) is 0 Å². The van der Waals surface area contributed by atoms with Gasteiger partial charge in [0.1, 0.15) is 13.2 Å². The van der Waals surface area contributed by atoms with Gasteiger partial charge in [0.05, 0.1) is 28.4 Å². The average Bonchev–Trinajstić information content (AvgIpc) is 2.86. The zero-order chi connectivity index (χ0) is 26.1. The molecule has 3 rings (SSSR count). The number of benzene rings is 3. The lowest BCUT2D eigenvalue weighted by Gasteiger charge is -2.24. The molecule has 0 aliphatic carbocycles. The molecule has 36 heavy (non-hydrogen) atoms. The highest BCUT2D eigenvalue weighted by atomic mass is 79.9. The minimum Gasteiger partial charge on any atom is -0.493 e. The summed E-state index contributed by atoms with van der Waals surface area (Å²) >= 11 is 3.44. The Bertz CT molecular complexity index is 1360. The fourth-order valence-corrected chi connectivity index (χ4v) is 5.27. The molecule has 0 aliphatic heterocycles. The number of rotatable bonds is 11. The van der Waals surface area contributed by atoms with E-state index in [1.54, 1.807) is 54.6 Å². The maximum absolute atomic E-state index is 13.4. The Labute approximate surface area is 219 Å². The van der Waals surface area contributed by atoms with Gasteiger partial charge in [-0.3, -0.25) is 9.10 Å². The van der Waals surface area contributed by atoms with Crippen molar-refractivity contribution in [2.75, 3.05) is 24.6 Å². The van der Waals surface area contributed by atoms with Crippen LogP contribution >= 0.6 is 15.9 Å². The van der Waals surface area contributed by atoms with E-state index in [2.05, 4.69) is 33.0 Å². The minimum absolute atomic E-state index is 0.0820. The molecule has 1 amide bonds. The second kappa shape index (κ2) is 12.4. The van der Waals surface area contributed by atoms with Gasteiger partial charge in [-0.1, -0.05) is 43.0 Å². The number of amides is 1. The number of methoxy groups -OCH3 is 1. The molecule has 0 aromatic heterocycles. The number of sulfonamides is 1. The molecule has 0 saturated carbocycles. The van der Waals surface area contributed by atoms with Crippen molar-refractivity contribution in [3.63, 3.8) is 0 Å². The largest absolute Gasteiger partial charge is 0.493 e. The third-order valence-corrected chi connectivity index (χ3v) is 7.29. The van der Waals surface area contributed by atoms with Crippen LogP contribution in [0.4, 0.5) is 5.69 Å². The van der Waals surface area contributed by atoms with E-state index in [1.807, 2.05) is 13.0 Å². The van der Waals surface area contributed by atoms with Crippen LogP contribution in [-0.2, 0) is 14.8 Å². The minimum atomic E-state index is -3.99. The lowest BCUT2D eigenvalue weighted by Crippen LogP contribution is -2.39. The predicted molar refractivity (Wildman–Crippen MR) is 144 cm³/mol. The first-order valence-corrected chi connectivity index (χ1v) is 13.1. The quantitative estimate of drug-likeness (QED) is 0.205. The van der Waals surface area contributed by atoms with Crippen molar-refractivity contribution in [2.24, 2.45) is 5.10 Å². The molecule has 188 valence electrons. The lowest BCUT2D eigenvalue weighted by atomic mass is 10.2. The second-order valence-electron chi connectivity index (χ2n) is 7.59. The second-order valence-corrected chi connectivity index (χ2v) is 10.3. The monoisotopic (exact) mass is 571 g/mol. The molecular weight excluding hydrogens is 546 g/mol. The summed E-state index contributed by atoms with van der Waals surface area (Å²) in [7, 11) is -2.48. The Kier molecular flexibility index (Phi) is 9.26. The standard InChI is InChI=1S/C26H26BrN3O5S/c1-4-13-35-26-23(27)15-20(16-24(26)34-3)17-28-29-25(31)18-30(21-10-8-9-19(2)14-21)36(32,33)22-11-6-5-7-12-22/h4-12,14-17H,1,13,18H2,2-3H3,(H,29,31)/b28-17-. The molecular formula is C26H26BrN3O5S. The van der Waals surface area contributed by atoms with E-state index in [0.717, 1.165) is 9.87 Å². The Morgan fingerprint density at radius 2 is 1.89 bits per heavy atom. The topological polar surface area (TPSA) is 97.3 Å². The fourth-order valence-electron chi connectivity index (χ4n) is 3.26. The van der Waals surface area contributed by atoms with E-state index >= 15 is 0 Å². The van der Waals surface area contributed by atoms with Crippen molar-refractivity contribution < 1.29 is 22.7 Å². The Hall–Kier alpha value is -3.63. The predicted octanol–water partition coefficient (Wildman–Crippen LogP) is 4.68. The van der Waals surface area contributed by atoms with Crippen LogP contribution in [0.25, 0.3) is 0 Å². The van der Waals surface area contributed by atoms with Gasteiger partial charge in [-0.2, -0.15) is 5.10 Å². The maximum Gasteiger partial charge on any atom is 0.264 e. The molecule has 0 radical (unpaired) electrons. The SMILES string of the molecule is C=CCOc1c(Br)cc(/C=N\NC(=O)CN(c2cccc(C)c2)S(=O)(=O)c2ccccc2)cc1OC. The average molecular weight is 572 g/mol. The van der Waals surface area contributed by atoms with Crippen molar-refractivity contribution in [3.05, 3.63) is 95.0 Å². The maximum atomic E-state index is 13.4. The third kappa shape index (κ3) is 6.73. The van der Waals surface area contributed by atoms with Crippen molar-refractivity contribution in [1.82, 2.24) is 5.43 Å². The summed E-state index contributed by atoms with van der Waals surface area (Å²) in [6.45, 7) is 5.32. The molecule has 1 N–H and O–H groups in total. The molecule has 0 spiro atoms. The Morgan fingerprint density at radius 3 is 2.56 bits per heavy atom. The van der Waals surface area contributed by atoms with E-state index in [4.69, 9.17) is 9.47 Å². The van der Waals surface area contributed by atoms with E-state index in [0.29, 0.717) is 33.8 Å². The zero-order valence-electron chi connectivity index (χ0n) is 19.8. The molecule has 0 saturated heterocycles. The highest BCUT2D eigenvalue weighted by molar-refractivity contribution is 9.10. The van der Waals surface area contributed by atoms with Gasteiger partial charge in [0.15, 0.2) is 11.5 Å². The molecule has 8 nitrogen and oxygen atoms in total. The summed E-state index contributed by atoms with van der Waals surface area (Å²) in [4.78, 5) is 12.8. The van der Waals surface area contributed by atoms with E-state index in [-0.39, 0.29) is 4.90 Å². The number of nitrogens with zero attached hydrogens (tertiary/aromatic N) is 2. The van der Waals surface area contributed by atoms with Crippen molar-refractivity contribution in [1.29, 1.82) is 0 Å². The van der Waals surface area contributed by atoms with Gasteiger partial charge in [0.25, 0.3) is 15.9 Å². The summed E-state index contributed by atoms with van der Waals surface area (Å²) in [5, 5.41) is 3.99. The third-order valence-electron chi connectivity index (χ3n) is 4.91. The molecule has 0 bridgehead atoms. The summed E-state index contributed by atoms with van der Waals surface area (Å²) in [6, 6.07) is 18.3. The van der Waals surface area contributed by atoms with Crippen LogP contribution in [0.1, 0.15) is 11.1 Å². The summed E-state index contributed by atoms with van der Waals surface area (Å²) in [5.74, 6) is 0.376. The summed E-state index contributed by atoms with van der Waals surface area (Å²) < 4.78 is 39.4. The smallest absolute Gasteiger partial charge is 0.264 e. The van der Waals surface area contributed by atoms with Gasteiger partial charge >= 0.3 is 0 Å². The van der Waals surface area contributed by atoms with Gasteiger partial charge in [0, 0.05) is 0 Å². The Morgan fingerprint density at radius 1 is 1.14 bits per heavy atom. The molecule has 0 atom stereocenters. The lowest BCUT2D eigenvalue weighted by molar-refractivity contribution is -0.119. The molecule has 0 aliphatic rings. The van der Waals surface area contributed by atoms with Crippen LogP contribution in [0.3, 0.4) is 0 Å². The van der Waals surface area contributed by atoms with Gasteiger partial charge in [-0.15, -0.1) is 0 Å². The van der Waals surface area contributed by atoms with Crippen molar-refractivity contribution in [2.45, 2.75) is 11.8 Å². The van der Waals surface area contributed by atoms with Gasteiger partial charge in [0.2, 0.25) is 0 Å². The number of halogens is 1. The van der Waals surface area contributed by atoms with E-state index in [1.165, 1.54) is 25.5 Å². The molecule has 0 fully saturated rings. The van der Waals surface area contributed by atoms with Gasteiger partial charge < -0.3 is 9.47 Å². The van der Waals surface area contributed by atoms with Crippen molar-refractivity contribution in [3.8, 4) is 11.5 Å². The number of carbonyl (C=O) groups excluding carboxylic acids is 1. The number of carbonyl (C=O) groups is 1. The molecule has 10 heteroatoms. The molecule has 3 aromatic carbocycles. The van der Waals surface area contributed by atoms with Crippen LogP contribution < -0.4 is 19.2 Å². The molecule has 0 heterocycles. The van der Waals surface area contributed by atoms with Gasteiger partial charge in [-0.05, 0) is 70.4 Å². The first kappa shape index (κ1) is 27.0. The number of nitrogens with one attached hydrogen (secondary N) is 1. The number of anilines is 1. The highest BCUT2D eigenvalue weighted by Gasteiger charge is 2.27.